The highest BCUT2D eigenvalue weighted by Crippen LogP contribution is 2.21. The van der Waals surface area contributed by atoms with Gasteiger partial charge in [-0.15, -0.1) is 11.3 Å². The van der Waals surface area contributed by atoms with Gasteiger partial charge in [0.1, 0.15) is 4.21 Å². The first-order chi connectivity index (χ1) is 8.64. The quantitative estimate of drug-likeness (QED) is 0.874. The average molecular weight is 290 g/mol. The van der Waals surface area contributed by atoms with Gasteiger partial charge in [0, 0.05) is 26.2 Å². The fraction of sp³-hybridized carbons (Fsp3) is 0.636. The van der Waals surface area contributed by atoms with E-state index in [0.717, 1.165) is 13.0 Å². The smallest absolute Gasteiger partial charge is 0.252 e. The van der Waals surface area contributed by atoms with Crippen molar-refractivity contribution in [3.8, 4) is 0 Å². The standard InChI is InChI=1S/C11H18N2O3S2/c14-9-8-12-4-2-5-13(7-6-12)18(15,16)11-3-1-10-17-11/h1,3,10,14H,2,4-9H2. The molecule has 0 unspecified atom stereocenters. The minimum absolute atomic E-state index is 0.123. The Morgan fingerprint density at radius 2 is 2.11 bits per heavy atom. The van der Waals surface area contributed by atoms with Gasteiger partial charge >= 0.3 is 0 Å². The van der Waals surface area contributed by atoms with Gasteiger partial charge in [0.25, 0.3) is 10.0 Å². The molecule has 1 N–H and O–H groups in total. The molecule has 102 valence electrons. The third-order valence-electron chi connectivity index (χ3n) is 3.05. The highest BCUT2D eigenvalue weighted by molar-refractivity contribution is 7.91. The topological polar surface area (TPSA) is 60.9 Å². The number of aliphatic hydroxyl groups is 1. The van der Waals surface area contributed by atoms with Gasteiger partial charge in [0.2, 0.25) is 0 Å². The Balaban J connectivity index is 2.06. The van der Waals surface area contributed by atoms with Gasteiger partial charge in [-0.05, 0) is 24.4 Å². The maximum absolute atomic E-state index is 12.3. The van der Waals surface area contributed by atoms with Crippen LogP contribution in [0.5, 0.6) is 0 Å². The monoisotopic (exact) mass is 290 g/mol. The van der Waals surface area contributed by atoms with E-state index in [2.05, 4.69) is 4.90 Å². The summed E-state index contributed by atoms with van der Waals surface area (Å²) in [4.78, 5) is 2.10. The molecule has 0 amide bonds. The van der Waals surface area contributed by atoms with Crippen LogP contribution in [0.2, 0.25) is 0 Å². The summed E-state index contributed by atoms with van der Waals surface area (Å²) < 4.78 is 26.6. The second kappa shape index (κ2) is 6.12. The lowest BCUT2D eigenvalue weighted by Gasteiger charge is -2.20. The highest BCUT2D eigenvalue weighted by Gasteiger charge is 2.27. The van der Waals surface area contributed by atoms with Crippen LogP contribution in [-0.4, -0.2) is 62.1 Å². The van der Waals surface area contributed by atoms with E-state index in [1.165, 1.54) is 11.3 Å². The summed E-state index contributed by atoms with van der Waals surface area (Å²) in [6.07, 6.45) is 0.810. The third-order valence-corrected chi connectivity index (χ3v) is 6.32. The van der Waals surface area contributed by atoms with E-state index in [4.69, 9.17) is 5.11 Å². The Bertz CT molecular complexity index is 459. The maximum Gasteiger partial charge on any atom is 0.252 e. The normalized spacial score (nSPS) is 19.8. The largest absolute Gasteiger partial charge is 0.395 e. The van der Waals surface area contributed by atoms with Crippen molar-refractivity contribution in [2.24, 2.45) is 0 Å². The summed E-state index contributed by atoms with van der Waals surface area (Å²) in [5.41, 5.74) is 0. The van der Waals surface area contributed by atoms with Crippen LogP contribution in [0.15, 0.2) is 21.7 Å². The van der Waals surface area contributed by atoms with Crippen LogP contribution >= 0.6 is 11.3 Å². The molecule has 1 aromatic heterocycles. The molecule has 2 heterocycles. The molecule has 1 aromatic rings. The van der Waals surface area contributed by atoms with Gasteiger partial charge in [-0.2, -0.15) is 4.31 Å². The van der Waals surface area contributed by atoms with Crippen molar-refractivity contribution >= 4 is 21.4 Å². The predicted molar refractivity (Wildman–Crippen MR) is 71.2 cm³/mol. The molecule has 0 bridgehead atoms. The van der Waals surface area contributed by atoms with Crippen molar-refractivity contribution in [1.82, 2.24) is 9.21 Å². The van der Waals surface area contributed by atoms with Gasteiger partial charge in [-0.3, -0.25) is 4.90 Å². The second-order valence-electron chi connectivity index (χ2n) is 4.25. The molecule has 7 heteroatoms. The number of sulfonamides is 1. The summed E-state index contributed by atoms with van der Waals surface area (Å²) in [7, 11) is -3.32. The van der Waals surface area contributed by atoms with E-state index >= 15 is 0 Å². The molecule has 0 saturated carbocycles. The third kappa shape index (κ3) is 3.10. The average Bonchev–Trinajstić information content (AvgIpc) is 2.78. The molecule has 1 aliphatic rings. The number of hydrogen-bond donors (Lipinski definition) is 1. The van der Waals surface area contributed by atoms with Crippen LogP contribution in [-0.2, 0) is 10.0 Å². The van der Waals surface area contributed by atoms with E-state index in [1.54, 1.807) is 21.8 Å². The van der Waals surface area contributed by atoms with E-state index in [-0.39, 0.29) is 6.61 Å². The minimum atomic E-state index is -3.32. The Kier molecular flexibility index (Phi) is 4.74. The number of thiophene rings is 1. The van der Waals surface area contributed by atoms with E-state index in [1.807, 2.05) is 0 Å². The van der Waals surface area contributed by atoms with Crippen LogP contribution in [0.3, 0.4) is 0 Å². The minimum Gasteiger partial charge on any atom is -0.395 e. The van der Waals surface area contributed by atoms with E-state index in [0.29, 0.717) is 30.4 Å². The van der Waals surface area contributed by atoms with Gasteiger partial charge in [-0.1, -0.05) is 6.07 Å². The molecule has 2 rings (SSSR count). The zero-order chi connectivity index (χ0) is 13.0. The molecule has 0 spiro atoms. The number of aliphatic hydroxyl groups excluding tert-OH is 1. The van der Waals surface area contributed by atoms with Crippen molar-refractivity contribution in [1.29, 1.82) is 0 Å². The lowest BCUT2D eigenvalue weighted by molar-refractivity contribution is 0.202. The number of rotatable bonds is 4. The summed E-state index contributed by atoms with van der Waals surface area (Å²) in [6.45, 7) is 3.33. The summed E-state index contributed by atoms with van der Waals surface area (Å²) >= 11 is 1.26. The molecule has 1 fully saturated rings. The molecule has 1 saturated heterocycles. The summed E-state index contributed by atoms with van der Waals surface area (Å²) in [6, 6.07) is 3.41. The molecule has 18 heavy (non-hydrogen) atoms. The van der Waals surface area contributed by atoms with Crippen LogP contribution in [0.4, 0.5) is 0 Å². The molecular weight excluding hydrogens is 272 g/mol. The first-order valence-corrected chi connectivity index (χ1v) is 8.33. The van der Waals surface area contributed by atoms with Gasteiger partial charge in [0.05, 0.1) is 6.61 Å². The number of nitrogens with zero attached hydrogens (tertiary/aromatic N) is 2. The van der Waals surface area contributed by atoms with Crippen molar-refractivity contribution < 1.29 is 13.5 Å². The fourth-order valence-corrected chi connectivity index (χ4v) is 4.70. The summed E-state index contributed by atoms with van der Waals surface area (Å²) in [5, 5.41) is 10.7. The first kappa shape index (κ1) is 14.0. The van der Waals surface area contributed by atoms with Crippen LogP contribution < -0.4 is 0 Å². The first-order valence-electron chi connectivity index (χ1n) is 6.01. The Morgan fingerprint density at radius 1 is 1.28 bits per heavy atom. The van der Waals surface area contributed by atoms with Crippen LogP contribution in [0.25, 0.3) is 0 Å². The predicted octanol–water partition coefficient (Wildman–Crippen LogP) is 0.437. The molecular formula is C11H18N2O3S2. The zero-order valence-corrected chi connectivity index (χ0v) is 11.8. The van der Waals surface area contributed by atoms with Gasteiger partial charge in [-0.25, -0.2) is 8.42 Å². The van der Waals surface area contributed by atoms with Crippen molar-refractivity contribution in [2.75, 3.05) is 39.3 Å². The van der Waals surface area contributed by atoms with Gasteiger partial charge in [0.15, 0.2) is 0 Å². The van der Waals surface area contributed by atoms with Crippen molar-refractivity contribution in [2.45, 2.75) is 10.6 Å². The van der Waals surface area contributed by atoms with E-state index < -0.39 is 10.0 Å². The van der Waals surface area contributed by atoms with Crippen LogP contribution in [0.1, 0.15) is 6.42 Å². The highest BCUT2D eigenvalue weighted by atomic mass is 32.2. The Hall–Kier alpha value is -0.470. The lowest BCUT2D eigenvalue weighted by atomic mass is 10.4. The Labute approximate surface area is 112 Å². The molecule has 5 nitrogen and oxygen atoms in total. The second-order valence-corrected chi connectivity index (χ2v) is 7.37. The molecule has 1 aliphatic heterocycles. The molecule has 0 radical (unpaired) electrons. The van der Waals surface area contributed by atoms with E-state index in [9.17, 15) is 8.42 Å². The van der Waals surface area contributed by atoms with Crippen molar-refractivity contribution in [3.05, 3.63) is 17.5 Å². The SMILES string of the molecule is O=S(=O)(c1cccs1)N1CCCN(CCO)CC1. The summed E-state index contributed by atoms with van der Waals surface area (Å²) in [5.74, 6) is 0. The number of β-amino-alcohol motifs (C(OH)–C–C–N with tert-alkyl or cyclic N) is 1. The number of hydrogen-bond acceptors (Lipinski definition) is 5. The molecule has 0 aliphatic carbocycles. The van der Waals surface area contributed by atoms with Crippen molar-refractivity contribution in [3.63, 3.8) is 0 Å². The van der Waals surface area contributed by atoms with Gasteiger partial charge < -0.3 is 5.11 Å². The van der Waals surface area contributed by atoms with Crippen LogP contribution in [0, 0.1) is 0 Å². The Morgan fingerprint density at radius 3 is 2.78 bits per heavy atom. The maximum atomic E-state index is 12.3. The fourth-order valence-electron chi connectivity index (χ4n) is 2.09. The lowest BCUT2D eigenvalue weighted by Crippen LogP contribution is -2.35. The zero-order valence-electron chi connectivity index (χ0n) is 10.2. The molecule has 0 aromatic carbocycles. The molecule has 0 atom stereocenters.